The molecule has 0 bridgehead atoms. The third-order valence-corrected chi connectivity index (χ3v) is 6.27. The molecule has 2 amide bonds. The van der Waals surface area contributed by atoms with E-state index in [1.165, 1.54) is 17.5 Å². The number of rotatable bonds is 5. The van der Waals surface area contributed by atoms with Crippen molar-refractivity contribution in [1.29, 1.82) is 0 Å². The molecule has 0 aliphatic carbocycles. The van der Waals surface area contributed by atoms with Gasteiger partial charge in [-0.1, -0.05) is 12.1 Å². The third kappa shape index (κ3) is 4.59. The lowest BCUT2D eigenvalue weighted by Crippen LogP contribution is -2.34. The standard InChI is InChI=1S/C21H25N3O4S/c1-14-10-18-12-17(8-9-20(18)24(14)29(4,27)28)21(26)22-19-7-5-6-16(11-19)13-23(3)15(2)25/h5-9,11-12,14H,10,13H2,1-4H3,(H,22,26). The summed E-state index contributed by atoms with van der Waals surface area (Å²) in [4.78, 5) is 25.7. The van der Waals surface area contributed by atoms with Crippen molar-refractivity contribution in [2.24, 2.45) is 0 Å². The van der Waals surface area contributed by atoms with Gasteiger partial charge >= 0.3 is 0 Å². The van der Waals surface area contributed by atoms with Gasteiger partial charge in [0.2, 0.25) is 15.9 Å². The minimum atomic E-state index is -3.36. The summed E-state index contributed by atoms with van der Waals surface area (Å²) in [5.41, 5.74) is 3.49. The van der Waals surface area contributed by atoms with Crippen LogP contribution in [-0.4, -0.2) is 44.5 Å². The molecular weight excluding hydrogens is 390 g/mol. The molecule has 2 aromatic carbocycles. The molecule has 0 saturated carbocycles. The van der Waals surface area contributed by atoms with Gasteiger partial charge in [-0.2, -0.15) is 0 Å². The minimum absolute atomic E-state index is 0.0325. The van der Waals surface area contributed by atoms with Gasteiger partial charge in [0.15, 0.2) is 0 Å². The predicted octanol–water partition coefficient (Wildman–Crippen LogP) is 2.63. The van der Waals surface area contributed by atoms with Crippen molar-refractivity contribution < 1.29 is 18.0 Å². The van der Waals surface area contributed by atoms with E-state index in [9.17, 15) is 18.0 Å². The summed E-state index contributed by atoms with van der Waals surface area (Å²) in [5, 5.41) is 2.87. The van der Waals surface area contributed by atoms with E-state index < -0.39 is 10.0 Å². The fourth-order valence-corrected chi connectivity index (χ4v) is 4.85. The Bertz CT molecular complexity index is 1070. The lowest BCUT2D eigenvalue weighted by atomic mass is 10.1. The van der Waals surface area contributed by atoms with Gasteiger partial charge in [-0.15, -0.1) is 0 Å². The van der Waals surface area contributed by atoms with E-state index >= 15 is 0 Å². The van der Waals surface area contributed by atoms with Crippen LogP contribution in [0.15, 0.2) is 42.5 Å². The highest BCUT2D eigenvalue weighted by Crippen LogP contribution is 2.34. The fourth-order valence-electron chi connectivity index (χ4n) is 3.59. The van der Waals surface area contributed by atoms with Gasteiger partial charge in [-0.25, -0.2) is 8.42 Å². The second kappa shape index (κ2) is 7.87. The quantitative estimate of drug-likeness (QED) is 0.813. The van der Waals surface area contributed by atoms with Crippen LogP contribution in [0.5, 0.6) is 0 Å². The number of anilines is 2. The molecule has 0 spiro atoms. The van der Waals surface area contributed by atoms with Crippen molar-refractivity contribution in [2.45, 2.75) is 32.9 Å². The van der Waals surface area contributed by atoms with Crippen molar-refractivity contribution in [2.75, 3.05) is 22.9 Å². The molecule has 0 aromatic heterocycles. The molecule has 0 radical (unpaired) electrons. The van der Waals surface area contributed by atoms with E-state index in [1.807, 2.05) is 25.1 Å². The Kier molecular flexibility index (Phi) is 5.66. The molecule has 1 aliphatic rings. The average molecular weight is 416 g/mol. The Balaban J connectivity index is 1.78. The number of sulfonamides is 1. The Morgan fingerprint density at radius 1 is 1.21 bits per heavy atom. The molecule has 1 heterocycles. The Labute approximate surface area is 171 Å². The molecule has 0 saturated heterocycles. The summed E-state index contributed by atoms with van der Waals surface area (Å²) in [7, 11) is -1.64. The van der Waals surface area contributed by atoms with E-state index in [-0.39, 0.29) is 17.9 Å². The molecule has 3 rings (SSSR count). The molecule has 1 aliphatic heterocycles. The van der Waals surface area contributed by atoms with Crippen LogP contribution >= 0.6 is 0 Å². The molecular formula is C21H25N3O4S. The summed E-state index contributed by atoms with van der Waals surface area (Å²) in [6.07, 6.45) is 1.76. The molecule has 0 fully saturated rings. The van der Waals surface area contributed by atoms with Gasteiger partial charge in [0.1, 0.15) is 0 Å². The van der Waals surface area contributed by atoms with Crippen LogP contribution in [0.4, 0.5) is 11.4 Å². The number of hydrogen-bond donors (Lipinski definition) is 1. The van der Waals surface area contributed by atoms with Crippen molar-refractivity contribution in [3.05, 3.63) is 59.2 Å². The van der Waals surface area contributed by atoms with Gasteiger partial charge < -0.3 is 10.2 Å². The van der Waals surface area contributed by atoms with E-state index in [0.29, 0.717) is 29.9 Å². The highest BCUT2D eigenvalue weighted by Gasteiger charge is 2.32. The van der Waals surface area contributed by atoms with Gasteiger partial charge in [-0.3, -0.25) is 13.9 Å². The number of benzene rings is 2. The lowest BCUT2D eigenvalue weighted by Gasteiger charge is -2.21. The highest BCUT2D eigenvalue weighted by atomic mass is 32.2. The first kappa shape index (κ1) is 20.9. The second-order valence-electron chi connectivity index (χ2n) is 7.49. The first-order valence-corrected chi connectivity index (χ1v) is 11.2. The van der Waals surface area contributed by atoms with E-state index in [4.69, 9.17) is 0 Å². The smallest absolute Gasteiger partial charge is 0.255 e. The molecule has 1 atom stereocenters. The van der Waals surface area contributed by atoms with Gasteiger partial charge in [0, 0.05) is 37.8 Å². The van der Waals surface area contributed by atoms with Crippen molar-refractivity contribution >= 4 is 33.2 Å². The summed E-state index contributed by atoms with van der Waals surface area (Å²) < 4.78 is 25.5. The maximum atomic E-state index is 12.7. The molecule has 29 heavy (non-hydrogen) atoms. The van der Waals surface area contributed by atoms with Crippen molar-refractivity contribution in [3.8, 4) is 0 Å². The second-order valence-corrected chi connectivity index (χ2v) is 9.34. The summed E-state index contributed by atoms with van der Waals surface area (Å²) in [5.74, 6) is -0.301. The van der Waals surface area contributed by atoms with Crippen LogP contribution in [0.3, 0.4) is 0 Å². The fraction of sp³-hybridized carbons (Fsp3) is 0.333. The normalized spacial score (nSPS) is 15.7. The van der Waals surface area contributed by atoms with Crippen LogP contribution < -0.4 is 9.62 Å². The number of hydrogen-bond acceptors (Lipinski definition) is 4. The molecule has 8 heteroatoms. The molecule has 1 unspecified atom stereocenters. The number of amides is 2. The zero-order valence-corrected chi connectivity index (χ0v) is 17.8. The molecule has 2 aromatic rings. The number of fused-ring (bicyclic) bond motifs is 1. The Morgan fingerprint density at radius 3 is 2.59 bits per heavy atom. The number of carbonyl (C=O) groups is 2. The monoisotopic (exact) mass is 415 g/mol. The SMILES string of the molecule is CC(=O)N(C)Cc1cccc(NC(=O)c2ccc3c(c2)CC(C)N3S(C)(=O)=O)c1. The van der Waals surface area contributed by atoms with Crippen molar-refractivity contribution in [3.63, 3.8) is 0 Å². The predicted molar refractivity (Wildman–Crippen MR) is 113 cm³/mol. The zero-order chi connectivity index (χ0) is 21.3. The first-order valence-electron chi connectivity index (χ1n) is 9.30. The maximum Gasteiger partial charge on any atom is 0.255 e. The van der Waals surface area contributed by atoms with Crippen LogP contribution in [0.2, 0.25) is 0 Å². The third-order valence-electron chi connectivity index (χ3n) is 4.99. The summed E-state index contributed by atoms with van der Waals surface area (Å²) in [6, 6.07) is 12.2. The van der Waals surface area contributed by atoms with Gasteiger partial charge in [-0.05, 0) is 54.8 Å². The minimum Gasteiger partial charge on any atom is -0.342 e. The maximum absolute atomic E-state index is 12.7. The Hall–Kier alpha value is -2.87. The number of nitrogens with one attached hydrogen (secondary N) is 1. The van der Waals surface area contributed by atoms with Crippen molar-refractivity contribution in [1.82, 2.24) is 4.90 Å². The van der Waals surface area contributed by atoms with Crippen LogP contribution in [0, 0.1) is 0 Å². The summed E-state index contributed by atoms with van der Waals surface area (Å²) >= 11 is 0. The van der Waals surface area contributed by atoms with E-state index in [2.05, 4.69) is 5.32 Å². The molecule has 7 nitrogen and oxygen atoms in total. The lowest BCUT2D eigenvalue weighted by molar-refractivity contribution is -0.128. The topological polar surface area (TPSA) is 86.8 Å². The average Bonchev–Trinajstić information content (AvgIpc) is 2.96. The highest BCUT2D eigenvalue weighted by molar-refractivity contribution is 7.92. The number of carbonyl (C=O) groups excluding carboxylic acids is 2. The summed E-state index contributed by atoms with van der Waals surface area (Å²) in [6.45, 7) is 3.81. The molecule has 1 N–H and O–H groups in total. The van der Waals surface area contributed by atoms with Crippen LogP contribution in [0.25, 0.3) is 0 Å². The van der Waals surface area contributed by atoms with Crippen LogP contribution in [-0.2, 0) is 27.8 Å². The first-order chi connectivity index (χ1) is 13.6. The Morgan fingerprint density at radius 2 is 1.93 bits per heavy atom. The van der Waals surface area contributed by atoms with Gasteiger partial charge in [0.05, 0.1) is 11.9 Å². The molecule has 154 valence electrons. The number of nitrogens with zero attached hydrogens (tertiary/aromatic N) is 2. The van der Waals surface area contributed by atoms with E-state index in [1.54, 1.807) is 36.2 Å². The van der Waals surface area contributed by atoms with E-state index in [0.717, 1.165) is 11.1 Å². The largest absolute Gasteiger partial charge is 0.342 e. The zero-order valence-electron chi connectivity index (χ0n) is 17.0. The van der Waals surface area contributed by atoms with Crippen LogP contribution in [0.1, 0.15) is 35.3 Å². The van der Waals surface area contributed by atoms with Gasteiger partial charge in [0.25, 0.3) is 5.91 Å².